The molecule has 33 heavy (non-hydrogen) atoms. The lowest BCUT2D eigenvalue weighted by Crippen LogP contribution is -2.37. The van der Waals surface area contributed by atoms with Crippen LogP contribution in [-0.2, 0) is 11.2 Å². The molecule has 0 aromatic heterocycles. The molecule has 1 aliphatic carbocycles. The number of amides is 2. The van der Waals surface area contributed by atoms with Crippen molar-refractivity contribution >= 4 is 29.2 Å². The van der Waals surface area contributed by atoms with Gasteiger partial charge in [-0.15, -0.1) is 0 Å². The Morgan fingerprint density at radius 2 is 1.55 bits per heavy atom. The van der Waals surface area contributed by atoms with E-state index < -0.39 is 11.4 Å². The largest absolute Gasteiger partial charge is 0.481 e. The van der Waals surface area contributed by atoms with Crippen LogP contribution in [0.25, 0.3) is 11.1 Å². The molecule has 1 atom stereocenters. The van der Waals surface area contributed by atoms with Crippen molar-refractivity contribution in [1.82, 2.24) is 0 Å². The van der Waals surface area contributed by atoms with Crippen molar-refractivity contribution in [3.63, 3.8) is 0 Å². The maximum atomic E-state index is 13.1. The van der Waals surface area contributed by atoms with E-state index in [2.05, 4.69) is 10.6 Å². The number of hydrogen-bond donors (Lipinski definition) is 3. The second-order valence-electron chi connectivity index (χ2n) is 8.43. The van der Waals surface area contributed by atoms with Gasteiger partial charge in [-0.25, -0.2) is 4.79 Å². The van der Waals surface area contributed by atoms with Gasteiger partial charge in [0.25, 0.3) is 0 Å². The quantitative estimate of drug-likeness (QED) is 0.436. The Balaban J connectivity index is 1.48. The molecule has 0 spiro atoms. The molecule has 0 saturated carbocycles. The van der Waals surface area contributed by atoms with Crippen molar-refractivity contribution in [3.05, 3.63) is 83.9 Å². The monoisotopic (exact) mass is 442 g/mol. The number of hydrogen-bond acceptors (Lipinski definition) is 3. The Labute approximate surface area is 192 Å². The zero-order valence-corrected chi connectivity index (χ0v) is 18.4. The summed E-state index contributed by atoms with van der Waals surface area (Å²) in [5.74, 6) is -0.999. The van der Waals surface area contributed by atoms with E-state index in [4.69, 9.17) is 0 Å². The molecule has 3 aromatic carbocycles. The summed E-state index contributed by atoms with van der Waals surface area (Å²) in [6, 6.07) is 22.1. The van der Waals surface area contributed by atoms with E-state index in [1.807, 2.05) is 79.7 Å². The number of urea groups is 1. The van der Waals surface area contributed by atoms with Gasteiger partial charge in [0.1, 0.15) is 0 Å². The smallest absolute Gasteiger partial charge is 0.323 e. The lowest BCUT2D eigenvalue weighted by molar-refractivity contribution is -0.139. The lowest BCUT2D eigenvalue weighted by Gasteiger charge is -2.35. The Kier molecular flexibility index (Phi) is 6.27. The van der Waals surface area contributed by atoms with Gasteiger partial charge in [0.15, 0.2) is 5.78 Å². The van der Waals surface area contributed by atoms with Gasteiger partial charge in [0.05, 0.1) is 6.42 Å². The summed E-state index contributed by atoms with van der Waals surface area (Å²) in [6.07, 6.45) is 1.61. The number of Topliss-reactive ketones (excluding diaryl/α,β-unsaturated/α-hetero) is 1. The average Bonchev–Trinajstić information content (AvgIpc) is 2.81. The number of carboxylic acids is 1. The number of carbonyl (C=O) groups is 3. The first kappa shape index (κ1) is 22.3. The summed E-state index contributed by atoms with van der Waals surface area (Å²) in [7, 11) is 0. The number of carbonyl (C=O) groups excluding carboxylic acids is 2. The molecule has 3 aromatic rings. The first-order chi connectivity index (χ1) is 15.9. The number of fused-ring (bicyclic) bond motifs is 1. The van der Waals surface area contributed by atoms with Crippen LogP contribution in [0.4, 0.5) is 16.2 Å². The average molecular weight is 443 g/mol. The standard InChI is InChI=1S/C27H26N2O4/c1-2-27(17-24(30)31)15-14-20-16-19(10-13-23(20)25(27)32)18-8-11-22(12-9-18)29-26(33)28-21-6-4-3-5-7-21/h3-13,16H,2,14-15,17H2,1H3,(H,30,31)(H2,28,29,33). The first-order valence-corrected chi connectivity index (χ1v) is 11.0. The fraction of sp³-hybridized carbons (Fsp3) is 0.222. The predicted octanol–water partition coefficient (Wildman–Crippen LogP) is 6.00. The molecule has 0 radical (unpaired) electrons. The van der Waals surface area contributed by atoms with Crippen LogP contribution in [0.2, 0.25) is 0 Å². The van der Waals surface area contributed by atoms with Gasteiger partial charge in [0, 0.05) is 22.4 Å². The second-order valence-corrected chi connectivity index (χ2v) is 8.43. The fourth-order valence-corrected chi connectivity index (χ4v) is 4.46. The van der Waals surface area contributed by atoms with E-state index in [1.165, 1.54) is 0 Å². The topological polar surface area (TPSA) is 95.5 Å². The number of para-hydroxylation sites is 1. The van der Waals surface area contributed by atoms with Crippen molar-refractivity contribution in [2.75, 3.05) is 10.6 Å². The third-order valence-corrected chi connectivity index (χ3v) is 6.38. The van der Waals surface area contributed by atoms with Crippen molar-refractivity contribution in [3.8, 4) is 11.1 Å². The summed E-state index contributed by atoms with van der Waals surface area (Å²) in [6.45, 7) is 1.88. The highest BCUT2D eigenvalue weighted by Gasteiger charge is 2.42. The highest BCUT2D eigenvalue weighted by atomic mass is 16.4. The highest BCUT2D eigenvalue weighted by molar-refractivity contribution is 6.04. The van der Waals surface area contributed by atoms with E-state index in [9.17, 15) is 19.5 Å². The van der Waals surface area contributed by atoms with Crippen LogP contribution in [0.5, 0.6) is 0 Å². The van der Waals surface area contributed by atoms with E-state index in [-0.39, 0.29) is 18.2 Å². The van der Waals surface area contributed by atoms with Gasteiger partial charge >= 0.3 is 12.0 Å². The number of carboxylic acid groups (broad SMARTS) is 1. The predicted molar refractivity (Wildman–Crippen MR) is 129 cm³/mol. The minimum absolute atomic E-state index is 0.0656. The minimum atomic E-state index is -0.934. The minimum Gasteiger partial charge on any atom is -0.481 e. The molecule has 0 saturated heterocycles. The highest BCUT2D eigenvalue weighted by Crippen LogP contribution is 2.42. The molecule has 6 heteroatoms. The zero-order chi connectivity index (χ0) is 23.4. The summed E-state index contributed by atoms with van der Waals surface area (Å²) in [5.41, 5.74) is 4.10. The molecular formula is C27H26N2O4. The van der Waals surface area contributed by atoms with Crippen LogP contribution in [0, 0.1) is 5.41 Å². The number of benzene rings is 3. The van der Waals surface area contributed by atoms with E-state index >= 15 is 0 Å². The molecule has 3 N–H and O–H groups in total. The van der Waals surface area contributed by atoms with E-state index in [1.54, 1.807) is 0 Å². The fourth-order valence-electron chi connectivity index (χ4n) is 4.46. The van der Waals surface area contributed by atoms with Gasteiger partial charge < -0.3 is 15.7 Å². The Morgan fingerprint density at radius 1 is 0.909 bits per heavy atom. The number of aryl methyl sites for hydroxylation is 1. The molecule has 0 aliphatic heterocycles. The van der Waals surface area contributed by atoms with Crippen LogP contribution in [0.1, 0.15) is 42.1 Å². The summed E-state index contributed by atoms with van der Waals surface area (Å²) < 4.78 is 0. The number of aliphatic carboxylic acids is 1. The van der Waals surface area contributed by atoms with Gasteiger partial charge in [-0.3, -0.25) is 9.59 Å². The van der Waals surface area contributed by atoms with Crippen LogP contribution in [0.3, 0.4) is 0 Å². The molecule has 6 nitrogen and oxygen atoms in total. The molecule has 4 rings (SSSR count). The van der Waals surface area contributed by atoms with Gasteiger partial charge in [-0.2, -0.15) is 0 Å². The third-order valence-electron chi connectivity index (χ3n) is 6.38. The number of nitrogens with one attached hydrogen (secondary N) is 2. The van der Waals surface area contributed by atoms with Crippen LogP contribution < -0.4 is 10.6 Å². The molecular weight excluding hydrogens is 416 g/mol. The third kappa shape index (κ3) is 4.80. The van der Waals surface area contributed by atoms with Crippen molar-refractivity contribution in [1.29, 1.82) is 0 Å². The van der Waals surface area contributed by atoms with Gasteiger partial charge in [0.2, 0.25) is 0 Å². The van der Waals surface area contributed by atoms with Crippen molar-refractivity contribution in [2.24, 2.45) is 5.41 Å². The lowest BCUT2D eigenvalue weighted by atomic mass is 9.67. The normalized spacial score (nSPS) is 17.2. The number of ketones is 1. The maximum Gasteiger partial charge on any atom is 0.323 e. The number of rotatable bonds is 6. The Hall–Kier alpha value is -3.93. The van der Waals surface area contributed by atoms with E-state index in [0.29, 0.717) is 36.2 Å². The Bertz CT molecular complexity index is 1190. The zero-order valence-electron chi connectivity index (χ0n) is 18.4. The van der Waals surface area contributed by atoms with Crippen LogP contribution >= 0.6 is 0 Å². The number of anilines is 2. The molecule has 168 valence electrons. The maximum absolute atomic E-state index is 13.1. The second kappa shape index (κ2) is 9.28. The van der Waals surface area contributed by atoms with Gasteiger partial charge in [-0.1, -0.05) is 55.5 Å². The molecule has 1 unspecified atom stereocenters. The van der Waals surface area contributed by atoms with Crippen molar-refractivity contribution in [2.45, 2.75) is 32.6 Å². The van der Waals surface area contributed by atoms with Crippen LogP contribution in [-0.4, -0.2) is 22.9 Å². The Morgan fingerprint density at radius 3 is 2.18 bits per heavy atom. The summed E-state index contributed by atoms with van der Waals surface area (Å²) in [5, 5.41) is 14.9. The SMILES string of the molecule is CCC1(CC(=O)O)CCc2cc(-c3ccc(NC(=O)Nc4ccccc4)cc3)ccc2C1=O. The summed E-state index contributed by atoms with van der Waals surface area (Å²) in [4.78, 5) is 36.6. The molecule has 0 heterocycles. The molecule has 1 aliphatic rings. The first-order valence-electron chi connectivity index (χ1n) is 11.0. The molecule has 0 bridgehead atoms. The van der Waals surface area contributed by atoms with E-state index in [0.717, 1.165) is 16.7 Å². The molecule has 2 amide bonds. The van der Waals surface area contributed by atoms with Crippen molar-refractivity contribution < 1.29 is 19.5 Å². The summed E-state index contributed by atoms with van der Waals surface area (Å²) >= 11 is 0. The van der Waals surface area contributed by atoms with Crippen LogP contribution in [0.15, 0.2) is 72.8 Å². The molecule has 0 fully saturated rings. The van der Waals surface area contributed by atoms with Gasteiger partial charge in [-0.05, 0) is 60.2 Å².